The first-order valence-corrected chi connectivity index (χ1v) is 4.95. The fourth-order valence-corrected chi connectivity index (χ4v) is 1.90. The molecule has 0 spiro atoms. The maximum Gasteiger partial charge on any atom is 0.0228 e. The van der Waals surface area contributed by atoms with Crippen LogP contribution in [0.4, 0.5) is 0 Å². The van der Waals surface area contributed by atoms with E-state index in [2.05, 4.69) is 20.4 Å². The van der Waals surface area contributed by atoms with Crippen molar-refractivity contribution in [1.82, 2.24) is 0 Å². The average Bonchev–Trinajstić information content (AvgIpc) is 2.04. The average molecular weight is 175 g/mol. The van der Waals surface area contributed by atoms with Gasteiger partial charge in [-0.3, -0.25) is 0 Å². The summed E-state index contributed by atoms with van der Waals surface area (Å²) in [7, 11) is 0. The van der Waals surface area contributed by atoms with Crippen LogP contribution in [0.15, 0.2) is 12.7 Å². The fourth-order valence-electron chi connectivity index (χ4n) is 1.50. The van der Waals surface area contributed by atoms with E-state index in [1.165, 1.54) is 12.8 Å². The first kappa shape index (κ1) is 11.0. The molecule has 0 saturated heterocycles. The summed E-state index contributed by atoms with van der Waals surface area (Å²) in [6.45, 7) is 8.25. The summed E-state index contributed by atoms with van der Waals surface area (Å²) in [4.78, 5) is 0. The van der Waals surface area contributed by atoms with E-state index < -0.39 is 0 Å². The van der Waals surface area contributed by atoms with Gasteiger partial charge in [-0.15, -0.1) is 18.2 Å². The zero-order valence-electron chi connectivity index (χ0n) is 7.70. The topological polar surface area (TPSA) is 0 Å². The second-order valence-electron chi connectivity index (χ2n) is 3.14. The Balaban J connectivity index is 4.06. The lowest BCUT2D eigenvalue weighted by Gasteiger charge is -2.29. The molecule has 0 aliphatic rings. The number of hydrogen-bond donors (Lipinski definition) is 0. The van der Waals surface area contributed by atoms with Crippen molar-refractivity contribution in [3.8, 4) is 0 Å². The molecule has 0 aromatic carbocycles. The third-order valence-electron chi connectivity index (χ3n) is 2.70. The summed E-state index contributed by atoms with van der Waals surface area (Å²) >= 11 is 5.74. The lowest BCUT2D eigenvalue weighted by Crippen LogP contribution is -2.18. The molecule has 11 heavy (non-hydrogen) atoms. The van der Waals surface area contributed by atoms with Crippen molar-refractivity contribution in [2.45, 2.75) is 39.5 Å². The van der Waals surface area contributed by atoms with Crippen molar-refractivity contribution in [1.29, 1.82) is 0 Å². The molecule has 0 N–H and O–H groups in total. The summed E-state index contributed by atoms with van der Waals surface area (Å²) in [5.74, 6) is 0.773. The highest BCUT2D eigenvalue weighted by Crippen LogP contribution is 2.34. The van der Waals surface area contributed by atoms with Gasteiger partial charge in [0.15, 0.2) is 0 Å². The predicted octanol–water partition coefficient (Wildman–Crippen LogP) is 4.00. The molecular formula is C10H19Cl. The molecule has 0 bridgehead atoms. The molecule has 0 atom stereocenters. The molecule has 0 aliphatic carbocycles. The third kappa shape index (κ3) is 3.29. The van der Waals surface area contributed by atoms with Crippen LogP contribution in [-0.2, 0) is 0 Å². The van der Waals surface area contributed by atoms with Gasteiger partial charge in [0.1, 0.15) is 0 Å². The van der Waals surface area contributed by atoms with Gasteiger partial charge in [0, 0.05) is 5.88 Å². The summed E-state index contributed by atoms with van der Waals surface area (Å²) in [6.07, 6.45) is 6.66. The number of rotatable bonds is 6. The Morgan fingerprint density at radius 1 is 1.36 bits per heavy atom. The van der Waals surface area contributed by atoms with Crippen molar-refractivity contribution in [3.05, 3.63) is 12.7 Å². The molecule has 0 aromatic rings. The Labute approximate surface area is 75.6 Å². The van der Waals surface area contributed by atoms with Gasteiger partial charge in [-0.25, -0.2) is 0 Å². The number of halogens is 1. The van der Waals surface area contributed by atoms with Crippen LogP contribution in [0.1, 0.15) is 39.5 Å². The smallest absolute Gasteiger partial charge is 0.0228 e. The first-order valence-electron chi connectivity index (χ1n) is 4.41. The molecule has 0 rings (SSSR count). The standard InChI is InChI=1S/C10H19Cl/c1-4-7-10(5-2,6-3)8-9-11/h4H,1,5-9H2,2-3H3. The molecular weight excluding hydrogens is 156 g/mol. The lowest BCUT2D eigenvalue weighted by atomic mass is 9.77. The summed E-state index contributed by atoms with van der Waals surface area (Å²) in [5, 5.41) is 0. The van der Waals surface area contributed by atoms with Gasteiger partial charge in [0.25, 0.3) is 0 Å². The van der Waals surface area contributed by atoms with E-state index in [9.17, 15) is 0 Å². The van der Waals surface area contributed by atoms with Crippen molar-refractivity contribution < 1.29 is 0 Å². The van der Waals surface area contributed by atoms with Crippen LogP contribution >= 0.6 is 11.6 Å². The van der Waals surface area contributed by atoms with Gasteiger partial charge in [-0.1, -0.05) is 32.8 Å². The summed E-state index contributed by atoms with van der Waals surface area (Å²) < 4.78 is 0. The van der Waals surface area contributed by atoms with E-state index >= 15 is 0 Å². The zero-order chi connectivity index (χ0) is 8.74. The van der Waals surface area contributed by atoms with Crippen LogP contribution < -0.4 is 0 Å². The maximum absolute atomic E-state index is 5.74. The van der Waals surface area contributed by atoms with Crippen molar-refractivity contribution in [2.24, 2.45) is 5.41 Å². The van der Waals surface area contributed by atoms with Crippen LogP contribution in [0, 0.1) is 5.41 Å². The highest BCUT2D eigenvalue weighted by atomic mass is 35.5. The molecule has 1 heteroatoms. The van der Waals surface area contributed by atoms with E-state index in [0.29, 0.717) is 5.41 Å². The Morgan fingerprint density at radius 2 is 1.91 bits per heavy atom. The van der Waals surface area contributed by atoms with E-state index in [-0.39, 0.29) is 0 Å². The zero-order valence-corrected chi connectivity index (χ0v) is 8.45. The summed E-state index contributed by atoms with van der Waals surface area (Å²) in [6, 6.07) is 0. The molecule has 0 radical (unpaired) electrons. The number of hydrogen-bond acceptors (Lipinski definition) is 0. The van der Waals surface area contributed by atoms with Crippen LogP contribution in [0.3, 0.4) is 0 Å². The molecule has 0 heterocycles. The van der Waals surface area contributed by atoms with Crippen LogP contribution in [0.2, 0.25) is 0 Å². The van der Waals surface area contributed by atoms with Crippen LogP contribution in [0.25, 0.3) is 0 Å². The largest absolute Gasteiger partial charge is 0.127 e. The molecule has 0 saturated carbocycles. The Bertz CT molecular complexity index is 103. The normalized spacial score (nSPS) is 11.5. The van der Waals surface area contributed by atoms with E-state index in [0.717, 1.165) is 18.7 Å². The van der Waals surface area contributed by atoms with E-state index in [1.807, 2.05) is 6.08 Å². The SMILES string of the molecule is C=CCC(CC)(CC)CCCl. The first-order chi connectivity index (χ1) is 5.24. The molecule has 0 aliphatic heterocycles. The minimum Gasteiger partial charge on any atom is -0.127 e. The van der Waals surface area contributed by atoms with Gasteiger partial charge in [-0.05, 0) is 18.3 Å². The van der Waals surface area contributed by atoms with Crippen molar-refractivity contribution >= 4 is 11.6 Å². The monoisotopic (exact) mass is 174 g/mol. The molecule has 0 fully saturated rings. The lowest BCUT2D eigenvalue weighted by molar-refractivity contribution is 0.256. The van der Waals surface area contributed by atoms with Gasteiger partial charge < -0.3 is 0 Å². The fraction of sp³-hybridized carbons (Fsp3) is 0.800. The van der Waals surface area contributed by atoms with Gasteiger partial charge in [0.2, 0.25) is 0 Å². The van der Waals surface area contributed by atoms with Crippen LogP contribution in [-0.4, -0.2) is 5.88 Å². The minimum atomic E-state index is 0.434. The van der Waals surface area contributed by atoms with Gasteiger partial charge in [0.05, 0.1) is 0 Å². The van der Waals surface area contributed by atoms with Gasteiger partial charge >= 0.3 is 0 Å². The molecule has 0 aromatic heterocycles. The van der Waals surface area contributed by atoms with Gasteiger partial charge in [-0.2, -0.15) is 0 Å². The Morgan fingerprint density at radius 3 is 2.18 bits per heavy atom. The molecule has 0 nitrogen and oxygen atoms in total. The van der Waals surface area contributed by atoms with E-state index in [4.69, 9.17) is 11.6 Å². The van der Waals surface area contributed by atoms with Crippen molar-refractivity contribution in [2.75, 3.05) is 5.88 Å². The molecule has 66 valence electrons. The second kappa shape index (κ2) is 5.65. The Hall–Kier alpha value is 0.0300. The van der Waals surface area contributed by atoms with Crippen molar-refractivity contribution in [3.63, 3.8) is 0 Å². The summed E-state index contributed by atoms with van der Waals surface area (Å²) in [5.41, 5.74) is 0.434. The highest BCUT2D eigenvalue weighted by molar-refractivity contribution is 6.17. The highest BCUT2D eigenvalue weighted by Gasteiger charge is 2.23. The van der Waals surface area contributed by atoms with Crippen LogP contribution in [0.5, 0.6) is 0 Å². The number of alkyl halides is 1. The third-order valence-corrected chi connectivity index (χ3v) is 2.89. The van der Waals surface area contributed by atoms with E-state index in [1.54, 1.807) is 0 Å². The maximum atomic E-state index is 5.74. The quantitative estimate of drug-likeness (QED) is 0.422. The minimum absolute atomic E-state index is 0.434. The molecule has 0 unspecified atom stereocenters. The predicted molar refractivity (Wildman–Crippen MR) is 53.2 cm³/mol. The molecule has 0 amide bonds. The second-order valence-corrected chi connectivity index (χ2v) is 3.52. The number of allylic oxidation sites excluding steroid dienone is 1. The Kier molecular flexibility index (Phi) is 5.67.